The summed E-state index contributed by atoms with van der Waals surface area (Å²) in [6.45, 7) is 9.27. The Morgan fingerprint density at radius 1 is 1.21 bits per heavy atom. The summed E-state index contributed by atoms with van der Waals surface area (Å²) in [6.07, 6.45) is 3.25. The van der Waals surface area contributed by atoms with E-state index in [0.717, 1.165) is 12.8 Å². The van der Waals surface area contributed by atoms with Gasteiger partial charge in [-0.2, -0.15) is 0 Å². The van der Waals surface area contributed by atoms with E-state index in [2.05, 4.69) is 19.2 Å². The molecule has 0 saturated heterocycles. The summed E-state index contributed by atoms with van der Waals surface area (Å²) in [5, 5.41) is 11.7. The second kappa shape index (κ2) is 9.64. The molecule has 0 aromatic heterocycles. The van der Waals surface area contributed by atoms with Crippen molar-refractivity contribution in [2.24, 2.45) is 11.8 Å². The zero-order valence-electron chi connectivity index (χ0n) is 12.6. The lowest BCUT2D eigenvalue weighted by Gasteiger charge is -2.23. The van der Waals surface area contributed by atoms with Crippen molar-refractivity contribution in [1.29, 1.82) is 0 Å². The number of nitrogens with zero attached hydrogens (tertiary/aromatic N) is 1. The zero-order chi connectivity index (χ0) is 14.8. The van der Waals surface area contributed by atoms with Crippen molar-refractivity contribution in [3.63, 3.8) is 0 Å². The van der Waals surface area contributed by atoms with Crippen molar-refractivity contribution in [3.05, 3.63) is 0 Å². The Morgan fingerprint density at radius 2 is 1.84 bits per heavy atom. The van der Waals surface area contributed by atoms with Crippen molar-refractivity contribution in [2.75, 3.05) is 19.6 Å². The summed E-state index contributed by atoms with van der Waals surface area (Å²) in [7, 11) is 0. The van der Waals surface area contributed by atoms with Crippen molar-refractivity contribution in [1.82, 2.24) is 10.2 Å². The SMILES string of the molecule is CCN(CC(C)C(=O)O)C(=O)NCCCCC(C)C. The van der Waals surface area contributed by atoms with E-state index in [9.17, 15) is 9.59 Å². The lowest BCUT2D eigenvalue weighted by atomic mass is 10.1. The average Bonchev–Trinajstić information content (AvgIpc) is 2.34. The van der Waals surface area contributed by atoms with Gasteiger partial charge in [-0.05, 0) is 19.3 Å². The van der Waals surface area contributed by atoms with Crippen LogP contribution in [0.4, 0.5) is 4.79 Å². The summed E-state index contributed by atoms with van der Waals surface area (Å²) in [5.41, 5.74) is 0. The molecule has 1 unspecified atom stereocenters. The number of carboxylic acids is 1. The molecule has 0 bridgehead atoms. The molecule has 0 aliphatic heterocycles. The smallest absolute Gasteiger partial charge is 0.317 e. The summed E-state index contributed by atoms with van der Waals surface area (Å²) in [5.74, 6) is -0.714. The van der Waals surface area contributed by atoms with Gasteiger partial charge >= 0.3 is 12.0 Å². The molecular formula is C14H28N2O3. The molecule has 0 heterocycles. The summed E-state index contributed by atoms with van der Waals surface area (Å²) < 4.78 is 0. The largest absolute Gasteiger partial charge is 0.481 e. The molecular weight excluding hydrogens is 244 g/mol. The summed E-state index contributed by atoms with van der Waals surface area (Å²) >= 11 is 0. The fourth-order valence-electron chi connectivity index (χ4n) is 1.75. The van der Waals surface area contributed by atoms with Crippen LogP contribution in [-0.2, 0) is 4.79 Å². The van der Waals surface area contributed by atoms with E-state index in [1.807, 2.05) is 6.92 Å². The molecule has 0 aliphatic carbocycles. The Bertz CT molecular complexity index is 280. The van der Waals surface area contributed by atoms with Gasteiger partial charge in [0.25, 0.3) is 0 Å². The fourth-order valence-corrected chi connectivity index (χ4v) is 1.75. The average molecular weight is 272 g/mol. The van der Waals surface area contributed by atoms with E-state index in [0.29, 0.717) is 19.0 Å². The molecule has 5 nitrogen and oxygen atoms in total. The van der Waals surface area contributed by atoms with Crippen molar-refractivity contribution in [2.45, 2.75) is 47.0 Å². The van der Waals surface area contributed by atoms with Crippen LogP contribution in [0.15, 0.2) is 0 Å². The lowest BCUT2D eigenvalue weighted by Crippen LogP contribution is -2.43. The van der Waals surface area contributed by atoms with Crippen LogP contribution in [0.2, 0.25) is 0 Å². The van der Waals surface area contributed by atoms with Gasteiger partial charge in [0.1, 0.15) is 0 Å². The quantitative estimate of drug-likeness (QED) is 0.634. The molecule has 0 radical (unpaired) electrons. The number of carbonyl (C=O) groups is 2. The monoisotopic (exact) mass is 272 g/mol. The number of urea groups is 1. The number of carboxylic acid groups (broad SMARTS) is 1. The number of amides is 2. The van der Waals surface area contributed by atoms with Gasteiger partial charge in [-0.3, -0.25) is 4.79 Å². The number of carbonyl (C=O) groups excluding carboxylic acids is 1. The maximum Gasteiger partial charge on any atom is 0.317 e. The molecule has 0 rings (SSSR count). The minimum absolute atomic E-state index is 0.167. The molecule has 0 aromatic carbocycles. The highest BCUT2D eigenvalue weighted by Gasteiger charge is 2.18. The van der Waals surface area contributed by atoms with Gasteiger partial charge in [0.15, 0.2) is 0 Å². The highest BCUT2D eigenvalue weighted by molar-refractivity contribution is 5.75. The number of nitrogens with one attached hydrogen (secondary N) is 1. The predicted molar refractivity (Wildman–Crippen MR) is 76.1 cm³/mol. The highest BCUT2D eigenvalue weighted by Crippen LogP contribution is 2.05. The van der Waals surface area contributed by atoms with Crippen LogP contribution in [0.1, 0.15) is 47.0 Å². The van der Waals surface area contributed by atoms with Gasteiger partial charge in [-0.15, -0.1) is 0 Å². The van der Waals surface area contributed by atoms with Crippen LogP contribution >= 0.6 is 0 Å². The first-order chi connectivity index (χ1) is 8.88. The van der Waals surface area contributed by atoms with Crippen LogP contribution in [0.3, 0.4) is 0 Å². The van der Waals surface area contributed by atoms with Crippen LogP contribution in [0.5, 0.6) is 0 Å². The van der Waals surface area contributed by atoms with E-state index in [4.69, 9.17) is 5.11 Å². The molecule has 0 spiro atoms. The molecule has 0 saturated carbocycles. The summed E-state index contributed by atoms with van der Waals surface area (Å²) in [4.78, 5) is 24.2. The fraction of sp³-hybridized carbons (Fsp3) is 0.857. The third-order valence-electron chi connectivity index (χ3n) is 3.07. The molecule has 5 heteroatoms. The molecule has 1 atom stereocenters. The van der Waals surface area contributed by atoms with Gasteiger partial charge in [0.05, 0.1) is 5.92 Å². The van der Waals surface area contributed by atoms with Crippen molar-refractivity contribution >= 4 is 12.0 Å². The predicted octanol–water partition coefficient (Wildman–Crippen LogP) is 2.56. The van der Waals surface area contributed by atoms with Gasteiger partial charge in [-0.25, -0.2) is 4.79 Å². The standard InChI is InChI=1S/C14H28N2O3/c1-5-16(10-12(4)13(17)18)14(19)15-9-7-6-8-11(2)3/h11-12H,5-10H2,1-4H3,(H,15,19)(H,17,18). The Labute approximate surface area is 116 Å². The van der Waals surface area contributed by atoms with Crippen LogP contribution < -0.4 is 5.32 Å². The first-order valence-corrected chi connectivity index (χ1v) is 7.14. The van der Waals surface area contributed by atoms with E-state index in [-0.39, 0.29) is 12.6 Å². The Balaban J connectivity index is 3.92. The summed E-state index contributed by atoms with van der Waals surface area (Å²) in [6, 6.07) is -0.167. The molecule has 2 amide bonds. The second-order valence-corrected chi connectivity index (χ2v) is 5.40. The van der Waals surface area contributed by atoms with E-state index in [1.54, 1.807) is 11.8 Å². The molecule has 2 N–H and O–H groups in total. The highest BCUT2D eigenvalue weighted by atomic mass is 16.4. The Kier molecular flexibility index (Phi) is 9.00. The maximum absolute atomic E-state index is 11.9. The molecule has 0 fully saturated rings. The number of hydrogen-bond donors (Lipinski definition) is 2. The topological polar surface area (TPSA) is 69.6 Å². The van der Waals surface area contributed by atoms with E-state index in [1.165, 1.54) is 6.42 Å². The minimum Gasteiger partial charge on any atom is -0.481 e. The third kappa shape index (κ3) is 8.46. The molecule has 19 heavy (non-hydrogen) atoms. The zero-order valence-corrected chi connectivity index (χ0v) is 12.6. The molecule has 0 aromatic rings. The first kappa shape index (κ1) is 17.7. The second-order valence-electron chi connectivity index (χ2n) is 5.40. The molecule has 112 valence electrons. The van der Waals surface area contributed by atoms with Crippen LogP contribution in [-0.4, -0.2) is 41.6 Å². The van der Waals surface area contributed by atoms with E-state index < -0.39 is 11.9 Å². The maximum atomic E-state index is 11.9. The van der Waals surface area contributed by atoms with Crippen LogP contribution in [0.25, 0.3) is 0 Å². The van der Waals surface area contributed by atoms with Crippen molar-refractivity contribution < 1.29 is 14.7 Å². The number of unbranched alkanes of at least 4 members (excludes halogenated alkanes) is 1. The molecule has 0 aliphatic rings. The van der Waals surface area contributed by atoms with Gasteiger partial charge in [-0.1, -0.05) is 33.6 Å². The van der Waals surface area contributed by atoms with Crippen molar-refractivity contribution in [3.8, 4) is 0 Å². The van der Waals surface area contributed by atoms with Crippen LogP contribution in [0, 0.1) is 11.8 Å². The van der Waals surface area contributed by atoms with Gasteiger partial charge in [0, 0.05) is 19.6 Å². The Morgan fingerprint density at radius 3 is 2.32 bits per heavy atom. The van der Waals surface area contributed by atoms with E-state index >= 15 is 0 Å². The number of aliphatic carboxylic acids is 1. The minimum atomic E-state index is -0.872. The van der Waals surface area contributed by atoms with Gasteiger partial charge < -0.3 is 15.3 Å². The third-order valence-corrected chi connectivity index (χ3v) is 3.07. The number of hydrogen-bond acceptors (Lipinski definition) is 2. The van der Waals surface area contributed by atoms with Gasteiger partial charge in [0.2, 0.25) is 0 Å². The Hall–Kier alpha value is -1.26. The number of rotatable bonds is 9. The normalized spacial score (nSPS) is 12.3. The first-order valence-electron chi connectivity index (χ1n) is 7.14. The lowest BCUT2D eigenvalue weighted by molar-refractivity contribution is -0.141.